The van der Waals surface area contributed by atoms with Crippen molar-refractivity contribution in [3.05, 3.63) is 47.3 Å². The first-order valence-electron chi connectivity index (χ1n) is 8.14. The van der Waals surface area contributed by atoms with E-state index in [1.807, 2.05) is 38.1 Å². The van der Waals surface area contributed by atoms with Gasteiger partial charge in [0.25, 0.3) is 5.91 Å². The second kappa shape index (κ2) is 6.54. The highest BCUT2D eigenvalue weighted by atomic mass is 16.3. The predicted octanol–water partition coefficient (Wildman–Crippen LogP) is 2.38. The third kappa shape index (κ3) is 3.62. The van der Waals surface area contributed by atoms with Gasteiger partial charge in [-0.15, -0.1) is 0 Å². The van der Waals surface area contributed by atoms with Crippen LogP contribution in [-0.4, -0.2) is 33.4 Å². The van der Waals surface area contributed by atoms with E-state index < -0.39 is 0 Å². The van der Waals surface area contributed by atoms with Crippen LogP contribution in [0.1, 0.15) is 41.0 Å². The molecule has 2 N–H and O–H groups in total. The molecule has 5 nitrogen and oxygen atoms in total. The summed E-state index contributed by atoms with van der Waals surface area (Å²) in [5.74, 6) is 0.343. The number of carbonyl (C=O) groups is 1. The van der Waals surface area contributed by atoms with E-state index in [1.54, 1.807) is 10.7 Å². The van der Waals surface area contributed by atoms with E-state index >= 15 is 0 Å². The molecule has 1 heterocycles. The standard InChI is InChI=1S/C18H23N3O2/c1-12-3-7-15(8-4-12)21-13(2)11-17(20-21)18(23)19-16(9-10-22)14-5-6-14/h3-4,7-8,11,14,16,22H,5-6,9-10H2,1-2H3,(H,19,23). The number of hydrogen-bond acceptors (Lipinski definition) is 3. The Labute approximate surface area is 136 Å². The molecule has 5 heteroatoms. The van der Waals surface area contributed by atoms with E-state index in [4.69, 9.17) is 5.11 Å². The zero-order valence-electron chi connectivity index (χ0n) is 13.6. The molecule has 0 aliphatic heterocycles. The number of aliphatic hydroxyl groups excluding tert-OH is 1. The Balaban J connectivity index is 1.76. The molecule has 1 fully saturated rings. The number of aromatic nitrogens is 2. The monoisotopic (exact) mass is 313 g/mol. The van der Waals surface area contributed by atoms with Crippen molar-refractivity contribution in [1.29, 1.82) is 0 Å². The van der Waals surface area contributed by atoms with Crippen molar-refractivity contribution in [1.82, 2.24) is 15.1 Å². The molecule has 122 valence electrons. The van der Waals surface area contributed by atoms with Gasteiger partial charge >= 0.3 is 0 Å². The van der Waals surface area contributed by atoms with Crippen LogP contribution >= 0.6 is 0 Å². The molecule has 1 aromatic carbocycles. The van der Waals surface area contributed by atoms with Gasteiger partial charge in [0.1, 0.15) is 0 Å². The number of nitrogens with zero attached hydrogens (tertiary/aromatic N) is 2. The highest BCUT2D eigenvalue weighted by Gasteiger charge is 2.32. The molecule has 1 aliphatic rings. The van der Waals surface area contributed by atoms with Crippen LogP contribution in [0, 0.1) is 19.8 Å². The predicted molar refractivity (Wildman–Crippen MR) is 88.7 cm³/mol. The summed E-state index contributed by atoms with van der Waals surface area (Å²) < 4.78 is 1.78. The first-order valence-corrected chi connectivity index (χ1v) is 8.14. The van der Waals surface area contributed by atoms with Crippen molar-refractivity contribution in [2.45, 2.75) is 39.2 Å². The Morgan fingerprint density at radius 1 is 1.35 bits per heavy atom. The third-order valence-corrected chi connectivity index (χ3v) is 4.35. The second-order valence-corrected chi connectivity index (χ2v) is 6.35. The molecule has 1 amide bonds. The summed E-state index contributed by atoms with van der Waals surface area (Å²) in [6.45, 7) is 4.08. The van der Waals surface area contributed by atoms with Gasteiger partial charge in [0.15, 0.2) is 5.69 Å². The van der Waals surface area contributed by atoms with Gasteiger partial charge in [0, 0.05) is 18.3 Å². The molecule has 1 saturated carbocycles. The van der Waals surface area contributed by atoms with Crippen molar-refractivity contribution in [2.75, 3.05) is 6.61 Å². The lowest BCUT2D eigenvalue weighted by Crippen LogP contribution is -2.37. The summed E-state index contributed by atoms with van der Waals surface area (Å²) in [6, 6.07) is 9.91. The second-order valence-electron chi connectivity index (χ2n) is 6.35. The largest absolute Gasteiger partial charge is 0.396 e. The molecule has 2 aromatic rings. The lowest BCUT2D eigenvalue weighted by Gasteiger charge is -2.16. The Morgan fingerprint density at radius 2 is 2.04 bits per heavy atom. The summed E-state index contributed by atoms with van der Waals surface area (Å²) in [7, 11) is 0. The molecule has 0 spiro atoms. The first-order chi connectivity index (χ1) is 11.1. The van der Waals surface area contributed by atoms with Gasteiger partial charge in [0.05, 0.1) is 5.69 Å². The molecule has 1 aliphatic carbocycles. The maximum absolute atomic E-state index is 12.4. The van der Waals surface area contributed by atoms with Crippen LogP contribution in [0.2, 0.25) is 0 Å². The normalized spacial score (nSPS) is 15.4. The van der Waals surface area contributed by atoms with Crippen LogP contribution in [0.25, 0.3) is 5.69 Å². The van der Waals surface area contributed by atoms with Gasteiger partial charge < -0.3 is 10.4 Å². The van der Waals surface area contributed by atoms with E-state index in [2.05, 4.69) is 10.4 Å². The minimum atomic E-state index is -0.163. The molecular formula is C18H23N3O2. The van der Waals surface area contributed by atoms with Gasteiger partial charge in [-0.25, -0.2) is 4.68 Å². The summed E-state index contributed by atoms with van der Waals surface area (Å²) in [6.07, 6.45) is 2.86. The lowest BCUT2D eigenvalue weighted by atomic mass is 10.1. The zero-order valence-corrected chi connectivity index (χ0v) is 13.6. The van der Waals surface area contributed by atoms with Crippen molar-refractivity contribution in [3.63, 3.8) is 0 Å². The van der Waals surface area contributed by atoms with Gasteiger partial charge in [0.2, 0.25) is 0 Å². The fourth-order valence-corrected chi connectivity index (χ4v) is 2.84. The highest BCUT2D eigenvalue weighted by Crippen LogP contribution is 2.34. The number of aryl methyl sites for hydroxylation is 2. The van der Waals surface area contributed by atoms with Crippen molar-refractivity contribution < 1.29 is 9.90 Å². The summed E-state index contributed by atoms with van der Waals surface area (Å²) >= 11 is 0. The van der Waals surface area contributed by atoms with Crippen molar-refractivity contribution in [2.24, 2.45) is 5.92 Å². The molecule has 0 radical (unpaired) electrons. The van der Waals surface area contributed by atoms with Crippen LogP contribution in [-0.2, 0) is 0 Å². The highest BCUT2D eigenvalue weighted by molar-refractivity contribution is 5.92. The molecule has 23 heavy (non-hydrogen) atoms. The van der Waals surface area contributed by atoms with Crippen LogP contribution in [0.15, 0.2) is 30.3 Å². The molecule has 3 rings (SSSR count). The summed E-state index contributed by atoms with van der Waals surface area (Å²) in [5, 5.41) is 16.6. The van der Waals surface area contributed by atoms with Gasteiger partial charge in [-0.2, -0.15) is 5.10 Å². The number of hydrogen-bond donors (Lipinski definition) is 2. The lowest BCUT2D eigenvalue weighted by molar-refractivity contribution is 0.0918. The number of rotatable bonds is 6. The van der Waals surface area contributed by atoms with E-state index in [0.29, 0.717) is 18.0 Å². The Kier molecular flexibility index (Phi) is 4.48. The van der Waals surface area contributed by atoms with Gasteiger partial charge in [-0.05, 0) is 57.2 Å². The van der Waals surface area contributed by atoms with E-state index in [0.717, 1.165) is 24.2 Å². The fraction of sp³-hybridized carbons (Fsp3) is 0.444. The third-order valence-electron chi connectivity index (χ3n) is 4.35. The van der Waals surface area contributed by atoms with Crippen LogP contribution in [0.5, 0.6) is 0 Å². The van der Waals surface area contributed by atoms with Crippen molar-refractivity contribution in [3.8, 4) is 5.69 Å². The molecule has 1 atom stereocenters. The minimum absolute atomic E-state index is 0.0531. The summed E-state index contributed by atoms with van der Waals surface area (Å²) in [4.78, 5) is 12.4. The van der Waals surface area contributed by atoms with E-state index in [9.17, 15) is 4.79 Å². The number of benzene rings is 1. The van der Waals surface area contributed by atoms with Gasteiger partial charge in [-0.3, -0.25) is 4.79 Å². The maximum atomic E-state index is 12.4. The topological polar surface area (TPSA) is 67.2 Å². The number of aliphatic hydroxyl groups is 1. The maximum Gasteiger partial charge on any atom is 0.272 e. The number of nitrogens with one attached hydrogen (secondary N) is 1. The SMILES string of the molecule is Cc1ccc(-n2nc(C(=O)NC(CCO)C3CC3)cc2C)cc1. The number of amides is 1. The van der Waals surface area contributed by atoms with Crippen molar-refractivity contribution >= 4 is 5.91 Å². The Morgan fingerprint density at radius 3 is 2.65 bits per heavy atom. The first kappa shape index (κ1) is 15.7. The molecule has 0 saturated heterocycles. The van der Waals surface area contributed by atoms with Gasteiger partial charge in [-0.1, -0.05) is 17.7 Å². The number of carbonyl (C=O) groups excluding carboxylic acids is 1. The molecular weight excluding hydrogens is 290 g/mol. The fourth-order valence-electron chi connectivity index (χ4n) is 2.84. The zero-order chi connectivity index (χ0) is 16.4. The summed E-state index contributed by atoms with van der Waals surface area (Å²) in [5.41, 5.74) is 3.48. The minimum Gasteiger partial charge on any atom is -0.396 e. The molecule has 1 aromatic heterocycles. The van der Waals surface area contributed by atoms with Crippen LogP contribution in [0.3, 0.4) is 0 Å². The van der Waals surface area contributed by atoms with Crippen LogP contribution in [0.4, 0.5) is 0 Å². The van der Waals surface area contributed by atoms with Crippen LogP contribution < -0.4 is 5.32 Å². The Bertz CT molecular complexity index is 687. The molecule has 0 bridgehead atoms. The average Bonchev–Trinajstić information content (AvgIpc) is 3.30. The Hall–Kier alpha value is -2.14. The average molecular weight is 313 g/mol. The van der Waals surface area contributed by atoms with E-state index in [-0.39, 0.29) is 18.6 Å². The van der Waals surface area contributed by atoms with E-state index in [1.165, 1.54) is 5.56 Å². The molecule has 1 unspecified atom stereocenters. The quantitative estimate of drug-likeness (QED) is 0.860. The smallest absolute Gasteiger partial charge is 0.272 e.